The molecule has 8 heteroatoms. The van der Waals surface area contributed by atoms with E-state index in [1.54, 1.807) is 30.0 Å². The number of carbonyl (C=O) groups is 3. The van der Waals surface area contributed by atoms with Gasteiger partial charge in [-0.2, -0.15) is 0 Å². The van der Waals surface area contributed by atoms with Gasteiger partial charge < -0.3 is 14.7 Å². The lowest BCUT2D eigenvalue weighted by Crippen LogP contribution is -2.49. The number of hydrogen-bond donors (Lipinski definition) is 1. The lowest BCUT2D eigenvalue weighted by molar-refractivity contribution is -0.139. The van der Waals surface area contributed by atoms with Crippen LogP contribution in [0.4, 0.5) is 9.18 Å². The number of hydrogen-bond acceptors (Lipinski definition) is 4. The molecule has 1 N–H and O–H groups in total. The number of ether oxygens (including phenoxy) is 1. The van der Waals surface area contributed by atoms with E-state index in [2.05, 4.69) is 0 Å². The molecular weight excluding hydrogens is 367 g/mol. The van der Waals surface area contributed by atoms with Crippen LogP contribution in [0.25, 0.3) is 0 Å². The van der Waals surface area contributed by atoms with E-state index >= 15 is 0 Å². The van der Waals surface area contributed by atoms with Crippen molar-refractivity contribution in [3.8, 4) is 0 Å². The Kier molecular flexibility index (Phi) is 5.86. The van der Waals surface area contributed by atoms with Crippen molar-refractivity contribution in [2.45, 2.75) is 44.8 Å². The summed E-state index contributed by atoms with van der Waals surface area (Å²) in [6.07, 6.45) is 0.736. The van der Waals surface area contributed by atoms with E-state index in [4.69, 9.17) is 9.84 Å². The van der Waals surface area contributed by atoms with Crippen LogP contribution in [0.5, 0.6) is 0 Å². The molecule has 1 aromatic carbocycles. The van der Waals surface area contributed by atoms with Gasteiger partial charge in [0.2, 0.25) is 5.91 Å². The predicted octanol–water partition coefficient (Wildman–Crippen LogP) is 2.64. The van der Waals surface area contributed by atoms with Crippen molar-refractivity contribution in [2.75, 3.05) is 19.6 Å². The molecule has 2 aliphatic heterocycles. The molecule has 2 amide bonds. The van der Waals surface area contributed by atoms with Gasteiger partial charge in [-0.1, -0.05) is 25.1 Å². The molecule has 7 nitrogen and oxygen atoms in total. The molecular formula is C20H25FN2O5. The van der Waals surface area contributed by atoms with Gasteiger partial charge in [0.1, 0.15) is 11.4 Å². The Morgan fingerprint density at radius 2 is 1.93 bits per heavy atom. The van der Waals surface area contributed by atoms with Gasteiger partial charge in [0, 0.05) is 44.3 Å². The maximum absolute atomic E-state index is 13.9. The van der Waals surface area contributed by atoms with Crippen LogP contribution in [0.2, 0.25) is 0 Å². The van der Waals surface area contributed by atoms with Crippen molar-refractivity contribution in [3.05, 3.63) is 35.6 Å². The first-order valence-electron chi connectivity index (χ1n) is 9.49. The van der Waals surface area contributed by atoms with E-state index in [9.17, 15) is 18.8 Å². The van der Waals surface area contributed by atoms with E-state index in [1.165, 1.54) is 11.0 Å². The Morgan fingerprint density at radius 3 is 2.57 bits per heavy atom. The van der Waals surface area contributed by atoms with Crippen LogP contribution in [0.15, 0.2) is 24.3 Å². The summed E-state index contributed by atoms with van der Waals surface area (Å²) in [6.45, 7) is 3.19. The summed E-state index contributed by atoms with van der Waals surface area (Å²) in [5.41, 5.74) is -0.206. The van der Waals surface area contributed by atoms with E-state index < -0.39 is 17.7 Å². The monoisotopic (exact) mass is 392 g/mol. The Balaban J connectivity index is 1.54. The summed E-state index contributed by atoms with van der Waals surface area (Å²) in [4.78, 5) is 38.6. The molecule has 2 heterocycles. The molecule has 0 aliphatic carbocycles. The highest BCUT2D eigenvalue weighted by molar-refractivity contribution is 5.77. The standard InChI is InChI=1S/C20H25FN2O5/c1-14(11-18(25)26)10-17(24)22-8-6-20(7-9-22)13-23(19(27)28-20)12-15-4-2-3-5-16(15)21/h2-5,14H,6-13H2,1H3,(H,25,26). The second-order valence-electron chi connectivity index (χ2n) is 7.79. The normalized spacial score (nSPS) is 19.6. The third kappa shape index (κ3) is 4.61. The summed E-state index contributed by atoms with van der Waals surface area (Å²) in [5, 5.41) is 8.82. The fourth-order valence-electron chi connectivity index (χ4n) is 3.87. The molecule has 2 fully saturated rings. The van der Waals surface area contributed by atoms with Gasteiger partial charge >= 0.3 is 12.1 Å². The summed E-state index contributed by atoms with van der Waals surface area (Å²) < 4.78 is 19.5. The van der Waals surface area contributed by atoms with Crippen molar-refractivity contribution < 1.29 is 28.6 Å². The Hall–Kier alpha value is -2.64. The Labute approximate surface area is 163 Å². The van der Waals surface area contributed by atoms with E-state index in [1.807, 2.05) is 0 Å². The third-order valence-corrected chi connectivity index (χ3v) is 5.43. The number of amides is 2. The minimum atomic E-state index is -0.911. The van der Waals surface area contributed by atoms with Gasteiger partial charge in [0.25, 0.3) is 0 Å². The number of carboxylic acids is 1. The van der Waals surface area contributed by atoms with Crippen LogP contribution in [0, 0.1) is 11.7 Å². The van der Waals surface area contributed by atoms with Crippen LogP contribution in [-0.2, 0) is 20.9 Å². The second-order valence-corrected chi connectivity index (χ2v) is 7.79. The summed E-state index contributed by atoms with van der Waals surface area (Å²) in [5.74, 6) is -1.56. The van der Waals surface area contributed by atoms with Crippen LogP contribution in [-0.4, -0.2) is 58.1 Å². The number of halogens is 1. The zero-order valence-electron chi connectivity index (χ0n) is 15.9. The molecule has 0 radical (unpaired) electrons. The van der Waals surface area contributed by atoms with Crippen LogP contribution >= 0.6 is 0 Å². The van der Waals surface area contributed by atoms with Crippen molar-refractivity contribution in [1.29, 1.82) is 0 Å². The third-order valence-electron chi connectivity index (χ3n) is 5.43. The minimum Gasteiger partial charge on any atom is -0.481 e. The SMILES string of the molecule is CC(CC(=O)O)CC(=O)N1CCC2(CC1)CN(Cc1ccccc1F)C(=O)O2. The first kappa shape index (κ1) is 20.1. The van der Waals surface area contributed by atoms with Crippen molar-refractivity contribution in [1.82, 2.24) is 9.80 Å². The first-order chi connectivity index (χ1) is 13.3. The van der Waals surface area contributed by atoms with Gasteiger partial charge in [-0.15, -0.1) is 0 Å². The fraction of sp³-hybridized carbons (Fsp3) is 0.550. The number of aliphatic carboxylic acids is 1. The number of likely N-dealkylation sites (tertiary alicyclic amines) is 1. The molecule has 1 aromatic rings. The fourth-order valence-corrected chi connectivity index (χ4v) is 3.87. The van der Waals surface area contributed by atoms with Gasteiger partial charge in [0.05, 0.1) is 13.1 Å². The van der Waals surface area contributed by atoms with E-state index in [0.717, 1.165) is 0 Å². The van der Waals surface area contributed by atoms with Crippen LogP contribution < -0.4 is 0 Å². The maximum Gasteiger partial charge on any atom is 0.410 e. The first-order valence-corrected chi connectivity index (χ1v) is 9.49. The largest absolute Gasteiger partial charge is 0.481 e. The quantitative estimate of drug-likeness (QED) is 0.804. The number of nitrogens with zero attached hydrogens (tertiary/aromatic N) is 2. The highest BCUT2D eigenvalue weighted by Gasteiger charge is 2.47. The highest BCUT2D eigenvalue weighted by atomic mass is 19.1. The molecule has 1 unspecified atom stereocenters. The summed E-state index contributed by atoms with van der Waals surface area (Å²) >= 11 is 0. The zero-order valence-corrected chi connectivity index (χ0v) is 15.9. The highest BCUT2D eigenvalue weighted by Crippen LogP contribution is 2.34. The molecule has 2 aliphatic rings. The van der Waals surface area contributed by atoms with E-state index in [-0.39, 0.29) is 37.0 Å². The average Bonchev–Trinajstić information content (AvgIpc) is 2.91. The van der Waals surface area contributed by atoms with Crippen LogP contribution in [0.1, 0.15) is 38.2 Å². The van der Waals surface area contributed by atoms with Gasteiger partial charge in [-0.3, -0.25) is 14.5 Å². The number of carbonyl (C=O) groups excluding carboxylic acids is 2. The Morgan fingerprint density at radius 1 is 1.25 bits per heavy atom. The average molecular weight is 392 g/mol. The predicted molar refractivity (Wildman–Crippen MR) is 97.9 cm³/mol. The van der Waals surface area contributed by atoms with Gasteiger partial charge in [-0.05, 0) is 12.0 Å². The van der Waals surface area contributed by atoms with Crippen LogP contribution in [0.3, 0.4) is 0 Å². The molecule has 3 rings (SSSR count). The number of benzene rings is 1. The molecule has 1 atom stereocenters. The summed E-state index contributed by atoms with van der Waals surface area (Å²) in [7, 11) is 0. The van der Waals surface area contributed by atoms with Crippen molar-refractivity contribution in [3.63, 3.8) is 0 Å². The van der Waals surface area contributed by atoms with Crippen molar-refractivity contribution in [2.24, 2.45) is 5.92 Å². The maximum atomic E-state index is 13.9. The lowest BCUT2D eigenvalue weighted by atomic mass is 9.90. The van der Waals surface area contributed by atoms with Gasteiger partial charge in [0.15, 0.2) is 0 Å². The number of carboxylic acid groups (broad SMARTS) is 1. The molecule has 1 spiro atoms. The second kappa shape index (κ2) is 8.16. The molecule has 0 bridgehead atoms. The summed E-state index contributed by atoms with van der Waals surface area (Å²) in [6, 6.07) is 6.34. The molecule has 152 valence electrons. The molecule has 0 saturated carbocycles. The minimum absolute atomic E-state index is 0.0356. The molecule has 2 saturated heterocycles. The topological polar surface area (TPSA) is 87.2 Å². The zero-order chi connectivity index (χ0) is 20.3. The number of rotatable bonds is 6. The Bertz CT molecular complexity index is 761. The number of piperidine rings is 1. The van der Waals surface area contributed by atoms with E-state index in [0.29, 0.717) is 38.0 Å². The van der Waals surface area contributed by atoms with Crippen molar-refractivity contribution >= 4 is 18.0 Å². The van der Waals surface area contributed by atoms with Gasteiger partial charge in [-0.25, -0.2) is 9.18 Å². The smallest absolute Gasteiger partial charge is 0.410 e. The lowest BCUT2D eigenvalue weighted by Gasteiger charge is -2.37. The molecule has 28 heavy (non-hydrogen) atoms. The molecule has 0 aromatic heterocycles.